The first-order chi connectivity index (χ1) is 16.1. The third-order valence-electron chi connectivity index (χ3n) is 5.89. The van der Waals surface area contributed by atoms with Gasteiger partial charge in [-0.05, 0) is 28.9 Å². The Bertz CT molecular complexity index is 1170. The lowest BCUT2D eigenvalue weighted by atomic mass is 10.00. The molecule has 0 unspecified atom stereocenters. The summed E-state index contributed by atoms with van der Waals surface area (Å²) in [5.41, 5.74) is 0.864. The van der Waals surface area contributed by atoms with Crippen molar-refractivity contribution in [3.05, 3.63) is 121 Å². The first-order valence-corrected chi connectivity index (χ1v) is 13.0. The van der Waals surface area contributed by atoms with Crippen LogP contribution in [0.15, 0.2) is 115 Å². The summed E-state index contributed by atoms with van der Waals surface area (Å²) in [6.07, 6.45) is 0. The number of ether oxygens (including phenoxy) is 1. The Morgan fingerprint density at radius 2 is 1.03 bits per heavy atom. The van der Waals surface area contributed by atoms with Crippen molar-refractivity contribution in [1.82, 2.24) is 0 Å². The maximum absolute atomic E-state index is 14.2. The minimum absolute atomic E-state index is 0.143. The number of carbonyl (C=O) groups is 1. The molecule has 4 aromatic rings. The topological polar surface area (TPSA) is 26.3 Å². The molecule has 0 fully saturated rings. The van der Waals surface area contributed by atoms with Gasteiger partial charge < -0.3 is 4.74 Å². The van der Waals surface area contributed by atoms with Crippen LogP contribution in [0.4, 0.5) is 0 Å². The largest absolute Gasteiger partial charge is 0.496 e. The van der Waals surface area contributed by atoms with Crippen molar-refractivity contribution in [2.75, 3.05) is 7.11 Å². The molecular weight excluding hydrogens is 423 g/mol. The van der Waals surface area contributed by atoms with E-state index in [4.69, 9.17) is 4.74 Å². The zero-order valence-corrected chi connectivity index (χ0v) is 20.2. The SMILES string of the molecule is COc1ccccc1C(C(=O)C(C)C)=P(c1ccccc1)(c1ccccc1)c1ccccc1. The fourth-order valence-electron chi connectivity index (χ4n) is 4.38. The van der Waals surface area contributed by atoms with E-state index in [-0.39, 0.29) is 11.7 Å². The summed E-state index contributed by atoms with van der Waals surface area (Å²) in [6.45, 7) is 1.41. The summed E-state index contributed by atoms with van der Waals surface area (Å²) < 4.78 is 5.80. The summed E-state index contributed by atoms with van der Waals surface area (Å²) >= 11 is 0. The van der Waals surface area contributed by atoms with Crippen molar-refractivity contribution in [2.45, 2.75) is 13.8 Å². The maximum Gasteiger partial charge on any atom is 0.167 e. The second-order valence-corrected chi connectivity index (χ2v) is 11.6. The fraction of sp³-hybridized carbons (Fsp3) is 0.133. The van der Waals surface area contributed by atoms with Gasteiger partial charge in [0.1, 0.15) is 5.75 Å². The molecule has 0 amide bonds. The third-order valence-corrected chi connectivity index (χ3v) is 10.2. The average Bonchev–Trinajstić information content (AvgIpc) is 2.88. The molecule has 33 heavy (non-hydrogen) atoms. The number of methoxy groups -OCH3 is 1. The molecule has 0 saturated carbocycles. The van der Waals surface area contributed by atoms with Crippen LogP contribution in [0.5, 0.6) is 5.75 Å². The van der Waals surface area contributed by atoms with Gasteiger partial charge in [0, 0.05) is 16.8 Å². The highest BCUT2D eigenvalue weighted by atomic mass is 31.2. The Kier molecular flexibility index (Phi) is 6.96. The summed E-state index contributed by atoms with van der Waals surface area (Å²) in [5, 5.41) is 4.28. The molecule has 0 bridgehead atoms. The standard InChI is InChI=1S/C30H29O2P/c1-23(2)29(31)30(27-21-13-14-22-28(27)32-3)33(24-15-7-4-8-16-24,25-17-9-5-10-18-25)26-19-11-6-12-20-26/h4-23H,1-3H3. The van der Waals surface area contributed by atoms with E-state index in [1.165, 1.54) is 0 Å². The van der Waals surface area contributed by atoms with Crippen LogP contribution >= 0.6 is 6.89 Å². The maximum atomic E-state index is 14.2. The van der Waals surface area contributed by atoms with Gasteiger partial charge in [-0.25, -0.2) is 0 Å². The van der Waals surface area contributed by atoms with Crippen LogP contribution in [0.3, 0.4) is 0 Å². The summed E-state index contributed by atoms with van der Waals surface area (Å²) in [5.74, 6) is 0.693. The number of ketones is 1. The highest BCUT2D eigenvalue weighted by molar-refractivity contribution is 7.96. The highest BCUT2D eigenvalue weighted by Crippen LogP contribution is 2.49. The van der Waals surface area contributed by atoms with Gasteiger partial charge in [0.25, 0.3) is 0 Å². The Balaban J connectivity index is 2.36. The molecule has 3 heteroatoms. The van der Waals surface area contributed by atoms with E-state index >= 15 is 0 Å². The lowest BCUT2D eigenvalue weighted by Gasteiger charge is -2.33. The van der Waals surface area contributed by atoms with Crippen molar-refractivity contribution in [3.63, 3.8) is 0 Å². The molecule has 0 heterocycles. The molecule has 4 rings (SSSR count). The molecule has 0 N–H and O–H groups in total. The number of benzene rings is 4. The zero-order chi connectivity index (χ0) is 23.3. The lowest BCUT2D eigenvalue weighted by Crippen LogP contribution is -2.35. The van der Waals surface area contributed by atoms with Crippen molar-refractivity contribution in [2.24, 2.45) is 5.92 Å². The van der Waals surface area contributed by atoms with Gasteiger partial charge in [-0.2, -0.15) is 0 Å². The van der Waals surface area contributed by atoms with Gasteiger partial charge in [0.05, 0.1) is 7.11 Å². The molecule has 0 aliphatic rings. The van der Waals surface area contributed by atoms with Gasteiger partial charge in [-0.15, -0.1) is 0 Å². The van der Waals surface area contributed by atoms with Crippen molar-refractivity contribution < 1.29 is 9.53 Å². The van der Waals surface area contributed by atoms with Crippen LogP contribution in [0, 0.1) is 5.92 Å². The molecule has 2 nitrogen and oxygen atoms in total. The molecule has 0 aliphatic carbocycles. The van der Waals surface area contributed by atoms with E-state index in [1.807, 2.05) is 56.3 Å². The molecular formula is C30H29O2P. The Labute approximate surface area is 196 Å². The molecule has 0 aromatic heterocycles. The van der Waals surface area contributed by atoms with Crippen LogP contribution < -0.4 is 20.7 Å². The smallest absolute Gasteiger partial charge is 0.167 e. The summed E-state index contributed by atoms with van der Waals surface area (Å²) in [6, 6.07) is 39.4. The average molecular weight is 453 g/mol. The van der Waals surface area contributed by atoms with Crippen LogP contribution in [0.1, 0.15) is 19.4 Å². The van der Waals surface area contributed by atoms with E-state index in [0.717, 1.165) is 26.8 Å². The summed E-state index contributed by atoms with van der Waals surface area (Å²) in [7, 11) is 1.67. The molecule has 0 spiro atoms. The van der Waals surface area contributed by atoms with Gasteiger partial charge >= 0.3 is 0 Å². The second-order valence-electron chi connectivity index (χ2n) is 8.25. The van der Waals surface area contributed by atoms with Crippen LogP contribution in [-0.2, 0) is 4.79 Å². The minimum Gasteiger partial charge on any atom is -0.496 e. The van der Waals surface area contributed by atoms with Gasteiger partial charge in [0.2, 0.25) is 0 Å². The Morgan fingerprint density at radius 3 is 1.42 bits per heavy atom. The molecule has 0 aliphatic heterocycles. The number of Topliss-reactive ketones (excluding diaryl/α,β-unsaturated/α-hetero) is 1. The number of para-hydroxylation sites is 1. The van der Waals surface area contributed by atoms with Crippen molar-refractivity contribution in [3.8, 4) is 5.75 Å². The zero-order valence-electron chi connectivity index (χ0n) is 19.3. The number of hydrogen-bond donors (Lipinski definition) is 0. The normalized spacial score (nSPS) is 11.3. The van der Waals surface area contributed by atoms with Crippen LogP contribution in [0.2, 0.25) is 0 Å². The number of carbonyl (C=O) groups excluding carboxylic acids is 1. The molecule has 0 atom stereocenters. The Morgan fingerprint density at radius 1 is 0.636 bits per heavy atom. The predicted octanol–water partition coefficient (Wildman–Crippen LogP) is 5.43. The molecule has 4 aromatic carbocycles. The van der Waals surface area contributed by atoms with Gasteiger partial charge in [-0.3, -0.25) is 4.79 Å². The predicted molar refractivity (Wildman–Crippen MR) is 142 cm³/mol. The monoisotopic (exact) mass is 452 g/mol. The fourth-order valence-corrected chi connectivity index (χ4v) is 9.04. The lowest BCUT2D eigenvalue weighted by molar-refractivity contribution is -0.115. The van der Waals surface area contributed by atoms with Crippen molar-refractivity contribution >= 4 is 33.9 Å². The van der Waals surface area contributed by atoms with E-state index in [1.54, 1.807) is 7.11 Å². The number of hydrogen-bond acceptors (Lipinski definition) is 2. The minimum atomic E-state index is -2.55. The van der Waals surface area contributed by atoms with E-state index in [0.29, 0.717) is 5.75 Å². The molecule has 0 radical (unpaired) electrons. The third kappa shape index (κ3) is 4.19. The summed E-state index contributed by atoms with van der Waals surface area (Å²) in [4.78, 5) is 14.2. The van der Waals surface area contributed by atoms with Crippen LogP contribution in [0.25, 0.3) is 0 Å². The quantitative estimate of drug-likeness (QED) is 0.349. The second kappa shape index (κ2) is 10.1. The van der Waals surface area contributed by atoms with E-state index < -0.39 is 6.89 Å². The molecule has 0 saturated heterocycles. The first kappa shape index (κ1) is 22.8. The molecule has 166 valence electrons. The Hall–Kier alpha value is -3.35. The number of rotatable bonds is 7. The first-order valence-electron chi connectivity index (χ1n) is 11.2. The van der Waals surface area contributed by atoms with Gasteiger partial charge in [-0.1, -0.05) is 123 Å². The highest BCUT2D eigenvalue weighted by Gasteiger charge is 2.35. The van der Waals surface area contributed by atoms with E-state index in [9.17, 15) is 4.79 Å². The van der Waals surface area contributed by atoms with Crippen molar-refractivity contribution in [1.29, 1.82) is 0 Å². The van der Waals surface area contributed by atoms with Gasteiger partial charge in [0.15, 0.2) is 5.78 Å². The van der Waals surface area contributed by atoms with E-state index in [2.05, 4.69) is 72.8 Å². The van der Waals surface area contributed by atoms with Crippen LogP contribution in [-0.4, -0.2) is 18.2 Å².